The highest BCUT2D eigenvalue weighted by Crippen LogP contribution is 2.28. The van der Waals surface area contributed by atoms with Crippen molar-refractivity contribution in [1.82, 2.24) is 0 Å². The largest absolute Gasteiger partial charge is 0.482 e. The molecule has 0 heterocycles. The number of nitrogens with zero attached hydrogens (tertiary/aromatic N) is 1. The Hall–Kier alpha value is -1.28. The molecule has 7 heteroatoms. The fourth-order valence-electron chi connectivity index (χ4n) is 2.56. The van der Waals surface area contributed by atoms with Crippen molar-refractivity contribution in [1.29, 1.82) is 0 Å². The van der Waals surface area contributed by atoms with E-state index in [1.807, 2.05) is 48.5 Å². The molecule has 0 N–H and O–H groups in total. The Bertz CT molecular complexity index is 982. The zero-order valence-electron chi connectivity index (χ0n) is 14.5. The highest BCUT2D eigenvalue weighted by molar-refractivity contribution is 14.1. The van der Waals surface area contributed by atoms with Crippen LogP contribution < -0.4 is 9.64 Å². The summed E-state index contributed by atoms with van der Waals surface area (Å²) in [6, 6.07) is 20.5. The van der Waals surface area contributed by atoms with Crippen LogP contribution in [0.1, 0.15) is 5.56 Å². The number of anilines is 1. The zero-order valence-corrected chi connectivity index (χ0v) is 19.8. The topological polar surface area (TPSA) is 29.5 Å². The van der Waals surface area contributed by atoms with Crippen LogP contribution in [-0.4, -0.2) is 12.5 Å². The summed E-state index contributed by atoms with van der Waals surface area (Å²) in [7, 11) is 0. The van der Waals surface area contributed by atoms with E-state index in [1.54, 1.807) is 23.1 Å². The lowest BCUT2D eigenvalue weighted by Gasteiger charge is -2.24. The predicted octanol–water partition coefficient (Wildman–Crippen LogP) is 6.97. The van der Waals surface area contributed by atoms with Gasteiger partial charge in [0.25, 0.3) is 5.91 Å². The quantitative estimate of drug-likeness (QED) is 0.290. The predicted molar refractivity (Wildman–Crippen MR) is 126 cm³/mol. The van der Waals surface area contributed by atoms with Crippen LogP contribution in [0.25, 0.3) is 0 Å². The summed E-state index contributed by atoms with van der Waals surface area (Å²) >= 11 is 17.7. The highest BCUT2D eigenvalue weighted by atomic mass is 127. The minimum absolute atomic E-state index is 0.136. The van der Waals surface area contributed by atoms with Crippen molar-refractivity contribution in [2.24, 2.45) is 0 Å². The number of hydrogen-bond donors (Lipinski definition) is 0. The van der Waals surface area contributed by atoms with Crippen molar-refractivity contribution in [3.8, 4) is 5.75 Å². The third-order valence-electron chi connectivity index (χ3n) is 3.94. The van der Waals surface area contributed by atoms with Gasteiger partial charge >= 0.3 is 0 Å². The van der Waals surface area contributed by atoms with Gasteiger partial charge in [-0.15, -0.1) is 0 Å². The molecule has 0 spiro atoms. The summed E-state index contributed by atoms with van der Waals surface area (Å²) in [6.45, 7) is 0.298. The molecule has 0 fully saturated rings. The second-order valence-corrected chi connectivity index (χ2v) is 8.84. The molecule has 0 aromatic heterocycles. The summed E-state index contributed by atoms with van der Waals surface area (Å²) in [5.74, 6) is 0.254. The number of halogens is 4. The Morgan fingerprint density at radius 3 is 2.43 bits per heavy atom. The minimum atomic E-state index is -0.168. The fraction of sp³-hybridized carbons (Fsp3) is 0.0952. The SMILES string of the molecule is O=C(COc1ccc(Cl)cc1Cl)N(Cc1ccc(Br)cc1)c1ccccc1I. The van der Waals surface area contributed by atoms with E-state index in [9.17, 15) is 4.79 Å². The summed E-state index contributed by atoms with van der Waals surface area (Å²) in [6.07, 6.45) is 0. The Morgan fingerprint density at radius 1 is 1.04 bits per heavy atom. The molecule has 1 amide bonds. The molecule has 0 atom stereocenters. The van der Waals surface area contributed by atoms with Gasteiger partial charge in [-0.1, -0.05) is 63.4 Å². The molecule has 0 saturated heterocycles. The molecule has 3 aromatic carbocycles. The maximum absolute atomic E-state index is 13.0. The number of ether oxygens (including phenoxy) is 1. The number of carbonyl (C=O) groups is 1. The van der Waals surface area contributed by atoms with Gasteiger partial charge in [0.2, 0.25) is 0 Å². The molecule has 28 heavy (non-hydrogen) atoms. The molecule has 0 aliphatic carbocycles. The van der Waals surface area contributed by atoms with Gasteiger partial charge in [0.1, 0.15) is 5.75 Å². The zero-order chi connectivity index (χ0) is 20.1. The Balaban J connectivity index is 1.82. The second-order valence-electron chi connectivity index (χ2n) is 5.92. The van der Waals surface area contributed by atoms with E-state index in [-0.39, 0.29) is 12.5 Å². The minimum Gasteiger partial charge on any atom is -0.482 e. The molecular weight excluding hydrogens is 576 g/mol. The molecule has 0 unspecified atom stereocenters. The first kappa shape index (κ1) is 21.4. The van der Waals surface area contributed by atoms with Crippen molar-refractivity contribution in [2.75, 3.05) is 11.5 Å². The molecule has 0 bridgehead atoms. The third-order valence-corrected chi connectivity index (χ3v) is 5.91. The van der Waals surface area contributed by atoms with Gasteiger partial charge in [-0.05, 0) is 70.6 Å². The molecule has 0 saturated carbocycles. The molecule has 3 rings (SSSR count). The standard InChI is InChI=1S/C21H15BrCl2INO2/c22-15-7-5-14(6-8-15)12-26(19-4-2-1-3-18(19)25)21(27)13-28-20-10-9-16(23)11-17(20)24/h1-11H,12-13H2. The Labute approximate surface area is 195 Å². The van der Waals surface area contributed by atoms with E-state index < -0.39 is 0 Å². The smallest absolute Gasteiger partial charge is 0.265 e. The fourth-order valence-corrected chi connectivity index (χ4v) is 3.97. The highest BCUT2D eigenvalue weighted by Gasteiger charge is 2.19. The van der Waals surface area contributed by atoms with Gasteiger partial charge in [-0.3, -0.25) is 4.79 Å². The van der Waals surface area contributed by atoms with Crippen molar-refractivity contribution in [2.45, 2.75) is 6.54 Å². The van der Waals surface area contributed by atoms with E-state index in [1.165, 1.54) is 0 Å². The summed E-state index contributed by atoms with van der Waals surface area (Å²) in [5, 5.41) is 0.883. The number of carbonyl (C=O) groups excluding carboxylic acids is 1. The Morgan fingerprint density at radius 2 is 1.75 bits per heavy atom. The van der Waals surface area contributed by atoms with Crippen LogP contribution in [0.5, 0.6) is 5.75 Å². The molecule has 0 aliphatic heterocycles. The maximum Gasteiger partial charge on any atom is 0.265 e. The van der Waals surface area contributed by atoms with Crippen molar-refractivity contribution >= 4 is 73.3 Å². The van der Waals surface area contributed by atoms with Gasteiger partial charge in [0, 0.05) is 13.1 Å². The molecule has 3 nitrogen and oxygen atoms in total. The van der Waals surface area contributed by atoms with E-state index >= 15 is 0 Å². The van der Waals surface area contributed by atoms with Crippen LogP contribution in [-0.2, 0) is 11.3 Å². The van der Waals surface area contributed by atoms with Gasteiger partial charge in [-0.25, -0.2) is 0 Å². The third kappa shape index (κ3) is 5.63. The molecular formula is C21H15BrCl2INO2. The van der Waals surface area contributed by atoms with Crippen molar-refractivity contribution < 1.29 is 9.53 Å². The number of rotatable bonds is 6. The van der Waals surface area contributed by atoms with Crippen LogP contribution in [0.15, 0.2) is 71.2 Å². The van der Waals surface area contributed by atoms with E-state index in [0.717, 1.165) is 19.3 Å². The van der Waals surface area contributed by atoms with Crippen LogP contribution in [0.3, 0.4) is 0 Å². The van der Waals surface area contributed by atoms with Crippen molar-refractivity contribution in [3.05, 3.63) is 90.4 Å². The molecule has 144 valence electrons. The maximum atomic E-state index is 13.0. The van der Waals surface area contributed by atoms with Crippen molar-refractivity contribution in [3.63, 3.8) is 0 Å². The van der Waals surface area contributed by atoms with Gasteiger partial charge in [-0.2, -0.15) is 0 Å². The lowest BCUT2D eigenvalue weighted by atomic mass is 10.2. The van der Waals surface area contributed by atoms with E-state index in [0.29, 0.717) is 22.3 Å². The summed E-state index contributed by atoms with van der Waals surface area (Å²) in [5.41, 5.74) is 1.85. The first-order valence-corrected chi connectivity index (χ1v) is 10.9. The van der Waals surface area contributed by atoms with E-state index in [2.05, 4.69) is 38.5 Å². The number of benzene rings is 3. The van der Waals surface area contributed by atoms with Gasteiger partial charge < -0.3 is 9.64 Å². The summed E-state index contributed by atoms with van der Waals surface area (Å²) in [4.78, 5) is 14.8. The second kappa shape index (κ2) is 9.96. The number of hydrogen-bond acceptors (Lipinski definition) is 2. The van der Waals surface area contributed by atoms with Crippen LogP contribution >= 0.6 is 61.7 Å². The first-order valence-electron chi connectivity index (χ1n) is 8.31. The lowest BCUT2D eigenvalue weighted by Crippen LogP contribution is -2.35. The normalized spacial score (nSPS) is 10.6. The monoisotopic (exact) mass is 589 g/mol. The first-order chi connectivity index (χ1) is 13.4. The molecule has 3 aromatic rings. The van der Waals surface area contributed by atoms with Crippen LogP contribution in [0, 0.1) is 3.57 Å². The Kier molecular flexibility index (Phi) is 7.62. The number of amides is 1. The van der Waals surface area contributed by atoms with Gasteiger partial charge in [0.15, 0.2) is 6.61 Å². The van der Waals surface area contributed by atoms with Gasteiger partial charge in [0.05, 0.1) is 17.3 Å². The lowest BCUT2D eigenvalue weighted by molar-refractivity contribution is -0.120. The summed E-state index contributed by atoms with van der Waals surface area (Å²) < 4.78 is 7.63. The van der Waals surface area contributed by atoms with Crippen LogP contribution in [0.4, 0.5) is 5.69 Å². The average Bonchev–Trinajstić information content (AvgIpc) is 2.67. The molecule has 0 radical (unpaired) electrons. The molecule has 0 aliphatic rings. The van der Waals surface area contributed by atoms with E-state index in [4.69, 9.17) is 27.9 Å². The average molecular weight is 591 g/mol. The number of para-hydroxylation sites is 1. The van der Waals surface area contributed by atoms with Crippen LogP contribution in [0.2, 0.25) is 10.0 Å².